The molecule has 1 aliphatic heterocycles. The molecule has 0 radical (unpaired) electrons. The minimum atomic E-state index is 0.169. The smallest absolute Gasteiger partial charge is 0.225 e. The first kappa shape index (κ1) is 13.1. The van der Waals surface area contributed by atoms with Crippen molar-refractivity contribution in [1.82, 2.24) is 9.97 Å². The zero-order valence-electron chi connectivity index (χ0n) is 11.4. The van der Waals surface area contributed by atoms with E-state index in [0.717, 1.165) is 18.4 Å². The highest BCUT2D eigenvalue weighted by molar-refractivity contribution is 5.32. The van der Waals surface area contributed by atoms with Gasteiger partial charge in [0.1, 0.15) is 6.10 Å². The lowest BCUT2D eigenvalue weighted by molar-refractivity contribution is -0.0730. The van der Waals surface area contributed by atoms with Gasteiger partial charge >= 0.3 is 0 Å². The Morgan fingerprint density at radius 1 is 1.33 bits per heavy atom. The van der Waals surface area contributed by atoms with E-state index >= 15 is 0 Å². The molecule has 0 amide bonds. The predicted molar refractivity (Wildman–Crippen MR) is 70.0 cm³/mol. The van der Waals surface area contributed by atoms with Crippen LogP contribution < -0.4 is 10.1 Å². The van der Waals surface area contributed by atoms with Crippen molar-refractivity contribution in [2.24, 2.45) is 0 Å². The predicted octanol–water partition coefficient (Wildman–Crippen LogP) is 2.16. The van der Waals surface area contributed by atoms with E-state index in [0.29, 0.717) is 11.8 Å². The number of aromatic nitrogens is 2. The third-order valence-corrected chi connectivity index (χ3v) is 3.08. The summed E-state index contributed by atoms with van der Waals surface area (Å²) in [5, 5.41) is 2.92. The summed E-state index contributed by atoms with van der Waals surface area (Å²) in [4.78, 5) is 8.50. The van der Waals surface area contributed by atoms with Crippen LogP contribution in [0.4, 0.5) is 5.95 Å². The van der Waals surface area contributed by atoms with Crippen molar-refractivity contribution in [3.8, 4) is 5.88 Å². The largest absolute Gasteiger partial charge is 0.474 e. The molecule has 2 heterocycles. The number of aryl methyl sites for hydroxylation is 1. The third-order valence-electron chi connectivity index (χ3n) is 3.08. The Morgan fingerprint density at radius 2 is 2.00 bits per heavy atom. The van der Waals surface area contributed by atoms with Crippen LogP contribution in [-0.4, -0.2) is 35.3 Å². The van der Waals surface area contributed by atoms with Crippen LogP contribution in [0.25, 0.3) is 0 Å². The van der Waals surface area contributed by atoms with E-state index in [-0.39, 0.29) is 18.3 Å². The van der Waals surface area contributed by atoms with Gasteiger partial charge in [0.05, 0.1) is 12.2 Å². The molecule has 0 bridgehead atoms. The maximum absolute atomic E-state index is 6.00. The van der Waals surface area contributed by atoms with Crippen LogP contribution >= 0.6 is 0 Å². The summed E-state index contributed by atoms with van der Waals surface area (Å²) < 4.78 is 11.7. The molecule has 0 spiro atoms. The molecule has 1 aliphatic rings. The van der Waals surface area contributed by atoms with Gasteiger partial charge in [0.2, 0.25) is 11.8 Å². The molecule has 18 heavy (non-hydrogen) atoms. The SMILES string of the molecule is CNc1ncc(C)c(OC2CC(C)OC(C)C2)n1. The number of rotatable bonds is 3. The molecule has 1 N–H and O–H groups in total. The van der Waals surface area contributed by atoms with Gasteiger partial charge in [0, 0.05) is 31.6 Å². The molecule has 100 valence electrons. The second kappa shape index (κ2) is 5.52. The molecule has 5 nitrogen and oxygen atoms in total. The molecule has 1 saturated heterocycles. The van der Waals surface area contributed by atoms with Crippen LogP contribution in [0.15, 0.2) is 6.20 Å². The second-order valence-electron chi connectivity index (χ2n) is 4.90. The number of hydrogen-bond acceptors (Lipinski definition) is 5. The molecule has 2 rings (SSSR count). The quantitative estimate of drug-likeness (QED) is 0.892. The lowest BCUT2D eigenvalue weighted by atomic mass is 10.0. The van der Waals surface area contributed by atoms with Gasteiger partial charge in [-0.05, 0) is 20.8 Å². The van der Waals surface area contributed by atoms with E-state index in [2.05, 4.69) is 29.1 Å². The average molecular weight is 251 g/mol. The van der Waals surface area contributed by atoms with Crippen molar-refractivity contribution in [1.29, 1.82) is 0 Å². The maximum atomic E-state index is 6.00. The Labute approximate surface area is 108 Å². The van der Waals surface area contributed by atoms with E-state index < -0.39 is 0 Å². The van der Waals surface area contributed by atoms with Crippen molar-refractivity contribution in [3.05, 3.63) is 11.8 Å². The molecule has 0 aromatic carbocycles. The van der Waals surface area contributed by atoms with Crippen LogP contribution in [0.2, 0.25) is 0 Å². The van der Waals surface area contributed by atoms with E-state index in [1.54, 1.807) is 13.2 Å². The Bertz CT molecular complexity index is 401. The number of nitrogens with zero attached hydrogens (tertiary/aromatic N) is 2. The summed E-state index contributed by atoms with van der Waals surface area (Å²) in [6, 6.07) is 0. The highest BCUT2D eigenvalue weighted by Crippen LogP contribution is 2.25. The fourth-order valence-electron chi connectivity index (χ4n) is 2.26. The van der Waals surface area contributed by atoms with Gasteiger partial charge in [-0.2, -0.15) is 4.98 Å². The van der Waals surface area contributed by atoms with Gasteiger partial charge < -0.3 is 14.8 Å². The average Bonchev–Trinajstić information content (AvgIpc) is 2.30. The van der Waals surface area contributed by atoms with E-state index in [1.807, 2.05) is 6.92 Å². The maximum Gasteiger partial charge on any atom is 0.225 e. The fraction of sp³-hybridized carbons (Fsp3) is 0.692. The van der Waals surface area contributed by atoms with Gasteiger partial charge in [0.25, 0.3) is 0 Å². The van der Waals surface area contributed by atoms with E-state index in [1.165, 1.54) is 0 Å². The highest BCUT2D eigenvalue weighted by Gasteiger charge is 2.26. The zero-order valence-corrected chi connectivity index (χ0v) is 11.4. The van der Waals surface area contributed by atoms with Crippen molar-refractivity contribution >= 4 is 5.95 Å². The molecule has 0 aliphatic carbocycles. The highest BCUT2D eigenvalue weighted by atomic mass is 16.5. The number of hydrogen-bond donors (Lipinski definition) is 1. The van der Waals surface area contributed by atoms with Crippen molar-refractivity contribution < 1.29 is 9.47 Å². The topological polar surface area (TPSA) is 56.3 Å². The zero-order chi connectivity index (χ0) is 13.1. The minimum absolute atomic E-state index is 0.169. The third kappa shape index (κ3) is 3.10. The Kier molecular flexibility index (Phi) is 4.01. The Hall–Kier alpha value is -1.36. The van der Waals surface area contributed by atoms with Gasteiger partial charge in [-0.1, -0.05) is 0 Å². The van der Waals surface area contributed by atoms with Crippen molar-refractivity contribution in [2.45, 2.75) is 51.9 Å². The summed E-state index contributed by atoms with van der Waals surface area (Å²) in [7, 11) is 1.80. The standard InChI is InChI=1S/C13H21N3O2/c1-8-7-15-13(14-4)16-12(8)18-11-5-9(2)17-10(3)6-11/h7,9-11H,5-6H2,1-4H3,(H,14,15,16). The van der Waals surface area contributed by atoms with Crippen LogP contribution in [-0.2, 0) is 4.74 Å². The van der Waals surface area contributed by atoms with Gasteiger partial charge in [-0.25, -0.2) is 4.98 Å². The van der Waals surface area contributed by atoms with E-state index in [4.69, 9.17) is 9.47 Å². The molecular formula is C13H21N3O2. The first-order valence-electron chi connectivity index (χ1n) is 6.42. The summed E-state index contributed by atoms with van der Waals surface area (Å²) >= 11 is 0. The van der Waals surface area contributed by atoms with Crippen LogP contribution in [0.5, 0.6) is 5.88 Å². The fourth-order valence-corrected chi connectivity index (χ4v) is 2.26. The molecular weight excluding hydrogens is 230 g/mol. The van der Waals surface area contributed by atoms with E-state index in [9.17, 15) is 0 Å². The van der Waals surface area contributed by atoms with Crippen LogP contribution in [0, 0.1) is 6.92 Å². The summed E-state index contributed by atoms with van der Waals surface area (Å²) in [5.74, 6) is 1.25. The van der Waals surface area contributed by atoms with Gasteiger partial charge in [0.15, 0.2) is 0 Å². The van der Waals surface area contributed by atoms with Crippen LogP contribution in [0.3, 0.4) is 0 Å². The Balaban J connectivity index is 2.08. The molecule has 5 heteroatoms. The molecule has 1 fully saturated rings. The number of anilines is 1. The lowest BCUT2D eigenvalue weighted by Crippen LogP contribution is -2.36. The van der Waals surface area contributed by atoms with Crippen molar-refractivity contribution in [3.63, 3.8) is 0 Å². The first-order chi connectivity index (χ1) is 8.58. The molecule has 2 atom stereocenters. The lowest BCUT2D eigenvalue weighted by Gasteiger charge is -2.32. The summed E-state index contributed by atoms with van der Waals surface area (Å²) in [5.41, 5.74) is 0.959. The molecule has 1 aromatic rings. The van der Waals surface area contributed by atoms with Crippen molar-refractivity contribution in [2.75, 3.05) is 12.4 Å². The Morgan fingerprint density at radius 3 is 2.61 bits per heavy atom. The van der Waals surface area contributed by atoms with Gasteiger partial charge in [-0.15, -0.1) is 0 Å². The van der Waals surface area contributed by atoms with Gasteiger partial charge in [-0.3, -0.25) is 0 Å². The number of ether oxygens (including phenoxy) is 2. The summed E-state index contributed by atoms with van der Waals surface area (Å²) in [6.07, 6.45) is 4.24. The monoisotopic (exact) mass is 251 g/mol. The second-order valence-corrected chi connectivity index (χ2v) is 4.90. The minimum Gasteiger partial charge on any atom is -0.474 e. The first-order valence-corrected chi connectivity index (χ1v) is 6.42. The summed E-state index contributed by atoms with van der Waals surface area (Å²) in [6.45, 7) is 6.12. The molecule has 0 saturated carbocycles. The molecule has 2 unspecified atom stereocenters. The normalized spacial score (nSPS) is 27.9. The van der Waals surface area contributed by atoms with Crippen LogP contribution in [0.1, 0.15) is 32.3 Å². The number of nitrogens with one attached hydrogen (secondary N) is 1. The molecule has 1 aromatic heterocycles.